The number of fused-ring (bicyclic) bond motifs is 1. The van der Waals surface area contributed by atoms with E-state index in [1.54, 1.807) is 39.1 Å². The molecule has 1 unspecified atom stereocenters. The van der Waals surface area contributed by atoms with Gasteiger partial charge >= 0.3 is 0 Å². The van der Waals surface area contributed by atoms with Crippen LogP contribution in [-0.2, 0) is 4.79 Å². The molecule has 2 rings (SSSR count). The lowest BCUT2D eigenvalue weighted by atomic mass is 9.99. The highest BCUT2D eigenvalue weighted by Gasteiger charge is 2.39. The van der Waals surface area contributed by atoms with E-state index in [2.05, 4.69) is 0 Å². The average molecular weight is 276 g/mol. The van der Waals surface area contributed by atoms with Gasteiger partial charge in [-0.2, -0.15) is 0 Å². The smallest absolute Gasteiger partial charge is 0.270 e. The molecule has 2 N–H and O–H groups in total. The number of amides is 1. The van der Waals surface area contributed by atoms with E-state index in [9.17, 15) is 9.59 Å². The normalized spacial score (nSPS) is 18.2. The van der Waals surface area contributed by atoms with Crippen molar-refractivity contribution in [3.05, 3.63) is 23.8 Å². The fourth-order valence-electron chi connectivity index (χ4n) is 2.25. The number of nitrogens with zero attached hydrogens (tertiary/aromatic N) is 1. The number of carbonyl (C=O) groups excluding carboxylic acids is 2. The number of ketones is 1. The molecule has 0 aromatic heterocycles. The number of rotatable bonds is 3. The molecule has 0 fully saturated rings. The van der Waals surface area contributed by atoms with Crippen LogP contribution < -0.4 is 15.4 Å². The third-order valence-corrected chi connectivity index (χ3v) is 3.57. The molecular formula is C15H20N2O3. The summed E-state index contributed by atoms with van der Waals surface area (Å²) in [7, 11) is 1.68. The van der Waals surface area contributed by atoms with Gasteiger partial charge in [-0.05, 0) is 38.5 Å². The third-order valence-electron chi connectivity index (χ3n) is 3.57. The number of nitrogens with two attached hydrogens (primary N) is 1. The van der Waals surface area contributed by atoms with Crippen molar-refractivity contribution >= 4 is 17.4 Å². The van der Waals surface area contributed by atoms with E-state index in [4.69, 9.17) is 10.5 Å². The Labute approximate surface area is 118 Å². The third kappa shape index (κ3) is 2.29. The van der Waals surface area contributed by atoms with Gasteiger partial charge in [0, 0.05) is 12.6 Å². The second kappa shape index (κ2) is 4.90. The van der Waals surface area contributed by atoms with Crippen molar-refractivity contribution in [2.75, 3.05) is 11.9 Å². The van der Waals surface area contributed by atoms with Gasteiger partial charge < -0.3 is 15.4 Å². The second-order valence-electron chi connectivity index (χ2n) is 5.54. The molecule has 1 aromatic rings. The van der Waals surface area contributed by atoms with Crippen molar-refractivity contribution in [3.63, 3.8) is 0 Å². The van der Waals surface area contributed by atoms with Gasteiger partial charge in [0.15, 0.2) is 11.4 Å². The molecule has 0 aliphatic carbocycles. The fourth-order valence-corrected chi connectivity index (χ4v) is 2.25. The Morgan fingerprint density at radius 1 is 1.45 bits per heavy atom. The van der Waals surface area contributed by atoms with Crippen LogP contribution in [0.25, 0.3) is 0 Å². The summed E-state index contributed by atoms with van der Waals surface area (Å²) >= 11 is 0. The SMILES string of the molecule is CCC(N)C(=O)c1ccc2c(c1)N(C)C(=O)C(C)(C)O2. The summed E-state index contributed by atoms with van der Waals surface area (Å²) in [4.78, 5) is 25.8. The Hall–Kier alpha value is -1.88. The highest BCUT2D eigenvalue weighted by atomic mass is 16.5. The Morgan fingerprint density at radius 2 is 2.10 bits per heavy atom. The number of carbonyl (C=O) groups is 2. The number of Topliss-reactive ketones (excluding diaryl/α,β-unsaturated/α-hetero) is 1. The van der Waals surface area contributed by atoms with E-state index in [1.807, 2.05) is 6.92 Å². The molecule has 1 aromatic carbocycles. The molecule has 1 aliphatic heterocycles. The first kappa shape index (κ1) is 14.5. The first-order chi connectivity index (χ1) is 9.27. The zero-order chi connectivity index (χ0) is 15.1. The van der Waals surface area contributed by atoms with Gasteiger partial charge in [-0.25, -0.2) is 0 Å². The van der Waals surface area contributed by atoms with Crippen molar-refractivity contribution in [3.8, 4) is 5.75 Å². The Kier molecular flexibility index (Phi) is 3.56. The van der Waals surface area contributed by atoms with E-state index >= 15 is 0 Å². The van der Waals surface area contributed by atoms with Crippen LogP contribution >= 0.6 is 0 Å². The standard InChI is InChI=1S/C15H20N2O3/c1-5-10(16)13(18)9-6-7-12-11(8-9)17(4)14(19)15(2,3)20-12/h6-8,10H,5,16H2,1-4H3. The van der Waals surface area contributed by atoms with Crippen LogP contribution in [0, 0.1) is 0 Å². The summed E-state index contributed by atoms with van der Waals surface area (Å²) in [5.74, 6) is 0.328. The lowest BCUT2D eigenvalue weighted by Gasteiger charge is -2.37. The van der Waals surface area contributed by atoms with Crippen molar-refractivity contribution in [2.45, 2.75) is 38.8 Å². The average Bonchev–Trinajstić information content (AvgIpc) is 2.42. The number of anilines is 1. The lowest BCUT2D eigenvalue weighted by molar-refractivity contribution is -0.132. The number of likely N-dealkylation sites (N-methyl/N-ethyl adjacent to an activating group) is 1. The molecule has 1 heterocycles. The molecular weight excluding hydrogens is 256 g/mol. The molecule has 5 nitrogen and oxygen atoms in total. The molecule has 0 saturated heterocycles. The molecule has 1 atom stereocenters. The summed E-state index contributed by atoms with van der Waals surface area (Å²) in [5, 5.41) is 0. The molecule has 0 saturated carbocycles. The predicted molar refractivity (Wildman–Crippen MR) is 77.2 cm³/mol. The van der Waals surface area contributed by atoms with Crippen molar-refractivity contribution in [2.24, 2.45) is 5.73 Å². The highest BCUT2D eigenvalue weighted by molar-refractivity contribution is 6.05. The first-order valence-corrected chi connectivity index (χ1v) is 6.69. The largest absolute Gasteiger partial charge is 0.476 e. The van der Waals surface area contributed by atoms with Gasteiger partial charge in [0.25, 0.3) is 5.91 Å². The number of hydrogen-bond donors (Lipinski definition) is 1. The van der Waals surface area contributed by atoms with Crippen LogP contribution in [-0.4, -0.2) is 30.4 Å². The minimum absolute atomic E-state index is 0.124. The van der Waals surface area contributed by atoms with Gasteiger partial charge in [-0.15, -0.1) is 0 Å². The molecule has 1 aliphatic rings. The van der Waals surface area contributed by atoms with Crippen LogP contribution in [0.1, 0.15) is 37.6 Å². The van der Waals surface area contributed by atoms with Crippen LogP contribution in [0.15, 0.2) is 18.2 Å². The first-order valence-electron chi connectivity index (χ1n) is 6.69. The van der Waals surface area contributed by atoms with Crippen molar-refractivity contribution in [1.82, 2.24) is 0 Å². The zero-order valence-electron chi connectivity index (χ0n) is 12.3. The van der Waals surface area contributed by atoms with Gasteiger partial charge in [0.2, 0.25) is 0 Å². The lowest BCUT2D eigenvalue weighted by Crippen LogP contribution is -2.51. The maximum absolute atomic E-state index is 12.2. The molecule has 20 heavy (non-hydrogen) atoms. The quantitative estimate of drug-likeness (QED) is 0.853. The predicted octanol–water partition coefficient (Wildman–Crippen LogP) is 1.74. The molecule has 0 spiro atoms. The van der Waals surface area contributed by atoms with E-state index in [1.165, 1.54) is 4.90 Å². The van der Waals surface area contributed by atoms with E-state index in [0.29, 0.717) is 23.4 Å². The topological polar surface area (TPSA) is 72.6 Å². The zero-order valence-corrected chi connectivity index (χ0v) is 12.3. The molecule has 1 amide bonds. The van der Waals surface area contributed by atoms with Gasteiger partial charge in [-0.3, -0.25) is 9.59 Å². The maximum Gasteiger partial charge on any atom is 0.270 e. The number of benzene rings is 1. The second-order valence-corrected chi connectivity index (χ2v) is 5.54. The molecule has 108 valence electrons. The van der Waals surface area contributed by atoms with Gasteiger partial charge in [-0.1, -0.05) is 6.92 Å². The highest BCUT2D eigenvalue weighted by Crippen LogP contribution is 2.37. The molecule has 0 bridgehead atoms. The summed E-state index contributed by atoms with van der Waals surface area (Å²) in [5.41, 5.74) is 5.97. The van der Waals surface area contributed by atoms with Crippen LogP contribution in [0.4, 0.5) is 5.69 Å². The summed E-state index contributed by atoms with van der Waals surface area (Å²) < 4.78 is 5.69. The van der Waals surface area contributed by atoms with Crippen LogP contribution in [0.3, 0.4) is 0 Å². The van der Waals surface area contributed by atoms with E-state index < -0.39 is 11.6 Å². The minimum Gasteiger partial charge on any atom is -0.476 e. The summed E-state index contributed by atoms with van der Waals surface area (Å²) in [6.07, 6.45) is 0.578. The minimum atomic E-state index is -0.896. The Bertz CT molecular complexity index is 566. The van der Waals surface area contributed by atoms with Gasteiger partial charge in [0.1, 0.15) is 5.75 Å². The fraction of sp³-hybridized carbons (Fsp3) is 0.467. The molecule has 5 heteroatoms. The Balaban J connectivity index is 2.43. The Morgan fingerprint density at radius 3 is 2.70 bits per heavy atom. The monoisotopic (exact) mass is 276 g/mol. The van der Waals surface area contributed by atoms with Gasteiger partial charge in [0.05, 0.1) is 11.7 Å². The van der Waals surface area contributed by atoms with Crippen LogP contribution in [0.2, 0.25) is 0 Å². The van der Waals surface area contributed by atoms with Crippen molar-refractivity contribution < 1.29 is 14.3 Å². The molecule has 0 radical (unpaired) electrons. The van der Waals surface area contributed by atoms with E-state index in [0.717, 1.165) is 0 Å². The van der Waals surface area contributed by atoms with Crippen molar-refractivity contribution in [1.29, 1.82) is 0 Å². The van der Waals surface area contributed by atoms with E-state index in [-0.39, 0.29) is 11.7 Å². The number of ether oxygens (including phenoxy) is 1. The summed E-state index contributed by atoms with van der Waals surface area (Å²) in [6, 6.07) is 4.56. The van der Waals surface area contributed by atoms with Crippen LogP contribution in [0.5, 0.6) is 5.75 Å². The maximum atomic E-state index is 12.2. The number of hydrogen-bond acceptors (Lipinski definition) is 4. The summed E-state index contributed by atoms with van der Waals surface area (Å²) in [6.45, 7) is 5.31.